The van der Waals surface area contributed by atoms with Gasteiger partial charge in [-0.25, -0.2) is 0 Å². The summed E-state index contributed by atoms with van der Waals surface area (Å²) in [5, 5.41) is 4.39. The highest BCUT2D eigenvalue weighted by atomic mass is 16.7. The number of methoxy groups -OCH3 is 2. The van der Waals surface area contributed by atoms with Crippen molar-refractivity contribution in [1.29, 1.82) is 0 Å². The van der Waals surface area contributed by atoms with Gasteiger partial charge in [-0.15, -0.1) is 0 Å². The van der Waals surface area contributed by atoms with Gasteiger partial charge in [0.15, 0.2) is 0 Å². The molecule has 0 spiro atoms. The van der Waals surface area contributed by atoms with Gasteiger partial charge in [0.2, 0.25) is 0 Å². The summed E-state index contributed by atoms with van der Waals surface area (Å²) in [6.07, 6.45) is 0.963. The number of hydrogen-bond acceptors (Lipinski definition) is 2. The minimum absolute atomic E-state index is 0.749. The van der Waals surface area contributed by atoms with Gasteiger partial charge in [-0.05, 0) is 12.0 Å². The topological polar surface area (TPSA) is 32.6 Å². The number of fused-ring (bicyclic) bond motifs is 1. The molecule has 1 heterocycles. The highest BCUT2D eigenvalue weighted by Crippen LogP contribution is 2.30. The highest BCUT2D eigenvalue weighted by Gasteiger charge is 2.37. The number of ether oxygens (including phenoxy) is 2. The van der Waals surface area contributed by atoms with Crippen LogP contribution in [0.3, 0.4) is 0 Å². The summed E-state index contributed by atoms with van der Waals surface area (Å²) in [5.41, 5.74) is 2.28. The molecule has 3 heteroatoms. The van der Waals surface area contributed by atoms with Gasteiger partial charge in [-0.1, -0.05) is 24.3 Å². The summed E-state index contributed by atoms with van der Waals surface area (Å²) < 4.78 is 10.7. The first-order valence-electron chi connectivity index (χ1n) is 4.70. The summed E-state index contributed by atoms with van der Waals surface area (Å²) in [6, 6.07) is 8.11. The molecule has 2 rings (SSSR count). The molecule has 0 amide bonds. The normalized spacial score (nSPS) is 19.0. The Balaban J connectivity index is 2.48. The third-order valence-corrected chi connectivity index (χ3v) is 2.61. The van der Waals surface area contributed by atoms with Crippen molar-refractivity contribution in [2.45, 2.75) is 12.3 Å². The van der Waals surface area contributed by atoms with E-state index in [1.165, 1.54) is 5.56 Å². The van der Waals surface area contributed by atoms with E-state index in [-0.39, 0.29) is 0 Å². The van der Waals surface area contributed by atoms with Crippen molar-refractivity contribution >= 4 is 0 Å². The predicted octanol–water partition coefficient (Wildman–Crippen LogP) is 1.25. The van der Waals surface area contributed by atoms with Gasteiger partial charge in [0.05, 0.1) is 0 Å². The van der Waals surface area contributed by atoms with Crippen molar-refractivity contribution < 1.29 is 9.47 Å². The molecule has 0 atom stereocenters. The molecule has 1 aromatic carbocycles. The Morgan fingerprint density at radius 1 is 1.21 bits per heavy atom. The quantitative estimate of drug-likeness (QED) is 0.661. The van der Waals surface area contributed by atoms with E-state index in [1.54, 1.807) is 14.2 Å². The molecule has 0 aromatic heterocycles. The first-order valence-corrected chi connectivity index (χ1v) is 4.70. The van der Waals surface area contributed by atoms with E-state index >= 15 is 0 Å². The molecule has 1 radical (unpaired) electrons. The summed E-state index contributed by atoms with van der Waals surface area (Å²) in [4.78, 5) is 0. The first-order chi connectivity index (χ1) is 6.82. The maximum atomic E-state index is 5.37. The maximum Gasteiger partial charge on any atom is 0.271 e. The molecule has 0 aliphatic carbocycles. The molecular formula is C11H14NO2. The molecule has 1 aliphatic heterocycles. The largest absolute Gasteiger partial charge is 0.336 e. The molecule has 75 valence electrons. The zero-order chi connectivity index (χ0) is 10.0. The van der Waals surface area contributed by atoms with Gasteiger partial charge < -0.3 is 9.47 Å². The van der Waals surface area contributed by atoms with Crippen LogP contribution in [0.4, 0.5) is 0 Å². The molecule has 0 fully saturated rings. The SMILES string of the molecule is COC1(OC)[N]CCc2ccccc21. The van der Waals surface area contributed by atoms with Crippen LogP contribution in [0.15, 0.2) is 24.3 Å². The lowest BCUT2D eigenvalue weighted by Crippen LogP contribution is -2.45. The lowest BCUT2D eigenvalue weighted by molar-refractivity contribution is -0.243. The van der Waals surface area contributed by atoms with Gasteiger partial charge >= 0.3 is 0 Å². The molecular weight excluding hydrogens is 178 g/mol. The van der Waals surface area contributed by atoms with Gasteiger partial charge in [0, 0.05) is 26.3 Å². The van der Waals surface area contributed by atoms with E-state index in [1.807, 2.05) is 18.2 Å². The fraction of sp³-hybridized carbons (Fsp3) is 0.455. The standard InChI is InChI=1S/C11H14NO2/c1-13-11(14-2)10-6-4-3-5-9(10)7-8-12-11/h3-6H,7-8H2,1-2H3. The van der Waals surface area contributed by atoms with Crippen LogP contribution in [0.25, 0.3) is 0 Å². The molecule has 0 bridgehead atoms. The minimum atomic E-state index is -0.880. The smallest absolute Gasteiger partial charge is 0.271 e. The zero-order valence-corrected chi connectivity index (χ0v) is 8.49. The van der Waals surface area contributed by atoms with E-state index in [4.69, 9.17) is 9.47 Å². The lowest BCUT2D eigenvalue weighted by atomic mass is 9.98. The Morgan fingerprint density at radius 2 is 1.93 bits per heavy atom. The van der Waals surface area contributed by atoms with E-state index in [0.29, 0.717) is 0 Å². The summed E-state index contributed by atoms with van der Waals surface area (Å²) >= 11 is 0. The average molecular weight is 192 g/mol. The third-order valence-electron chi connectivity index (χ3n) is 2.61. The number of hydrogen-bond donors (Lipinski definition) is 0. The molecule has 0 saturated carbocycles. The van der Waals surface area contributed by atoms with Crippen molar-refractivity contribution in [2.24, 2.45) is 0 Å². The predicted molar refractivity (Wildman–Crippen MR) is 52.8 cm³/mol. The van der Waals surface area contributed by atoms with E-state index in [2.05, 4.69) is 11.4 Å². The van der Waals surface area contributed by atoms with Crippen LogP contribution >= 0.6 is 0 Å². The molecule has 0 saturated heterocycles. The first kappa shape index (κ1) is 9.65. The van der Waals surface area contributed by atoms with Gasteiger partial charge in [-0.3, -0.25) is 0 Å². The van der Waals surface area contributed by atoms with Gasteiger partial charge in [0.25, 0.3) is 5.91 Å². The van der Waals surface area contributed by atoms with Crippen molar-refractivity contribution in [2.75, 3.05) is 20.8 Å². The van der Waals surface area contributed by atoms with Gasteiger partial charge in [-0.2, -0.15) is 5.32 Å². The van der Waals surface area contributed by atoms with E-state index in [0.717, 1.165) is 18.5 Å². The third kappa shape index (κ3) is 1.34. The van der Waals surface area contributed by atoms with Gasteiger partial charge in [0.1, 0.15) is 0 Å². The van der Waals surface area contributed by atoms with Crippen molar-refractivity contribution in [1.82, 2.24) is 5.32 Å². The Morgan fingerprint density at radius 3 is 2.64 bits per heavy atom. The van der Waals surface area contributed by atoms with Crippen LogP contribution in [-0.4, -0.2) is 20.8 Å². The maximum absolute atomic E-state index is 5.37. The fourth-order valence-corrected chi connectivity index (χ4v) is 1.89. The Kier molecular flexibility index (Phi) is 2.54. The van der Waals surface area contributed by atoms with Crippen LogP contribution in [0.1, 0.15) is 11.1 Å². The fourth-order valence-electron chi connectivity index (χ4n) is 1.89. The monoisotopic (exact) mass is 192 g/mol. The molecule has 1 aliphatic rings. The minimum Gasteiger partial charge on any atom is -0.336 e. The van der Waals surface area contributed by atoms with Crippen LogP contribution in [0.5, 0.6) is 0 Å². The zero-order valence-electron chi connectivity index (χ0n) is 8.49. The number of nitrogens with zero attached hydrogens (tertiary/aromatic N) is 1. The number of rotatable bonds is 2. The molecule has 0 unspecified atom stereocenters. The second-order valence-corrected chi connectivity index (χ2v) is 3.28. The van der Waals surface area contributed by atoms with E-state index < -0.39 is 5.91 Å². The summed E-state index contributed by atoms with van der Waals surface area (Å²) in [5.74, 6) is -0.880. The Bertz CT molecular complexity index is 321. The molecule has 3 nitrogen and oxygen atoms in total. The van der Waals surface area contributed by atoms with Crippen molar-refractivity contribution in [3.63, 3.8) is 0 Å². The lowest BCUT2D eigenvalue weighted by Gasteiger charge is -2.35. The van der Waals surface area contributed by atoms with Crippen LogP contribution < -0.4 is 5.32 Å². The van der Waals surface area contributed by atoms with Crippen molar-refractivity contribution in [3.8, 4) is 0 Å². The van der Waals surface area contributed by atoms with Crippen molar-refractivity contribution in [3.05, 3.63) is 35.4 Å². The molecule has 1 aromatic rings. The second kappa shape index (κ2) is 3.69. The van der Waals surface area contributed by atoms with E-state index in [9.17, 15) is 0 Å². The van der Waals surface area contributed by atoms with Crippen LogP contribution in [0.2, 0.25) is 0 Å². The van der Waals surface area contributed by atoms with Crippen LogP contribution in [0, 0.1) is 0 Å². The highest BCUT2D eigenvalue weighted by molar-refractivity contribution is 5.32. The summed E-state index contributed by atoms with van der Waals surface area (Å²) in [7, 11) is 3.24. The van der Waals surface area contributed by atoms with Crippen LogP contribution in [-0.2, 0) is 21.8 Å². The number of benzene rings is 1. The average Bonchev–Trinajstić information content (AvgIpc) is 2.28. The Labute approximate surface area is 84.0 Å². The second-order valence-electron chi connectivity index (χ2n) is 3.28. The molecule has 14 heavy (non-hydrogen) atoms. The summed E-state index contributed by atoms with van der Waals surface area (Å²) in [6.45, 7) is 0.749. The Hall–Kier alpha value is -0.900. The molecule has 0 N–H and O–H groups in total.